The quantitative estimate of drug-likeness (QED) is 0.626. The molecule has 1 aliphatic carbocycles. The number of benzene rings is 2. The van der Waals surface area contributed by atoms with E-state index in [-0.39, 0.29) is 12.0 Å². The zero-order valence-corrected chi connectivity index (χ0v) is 21.4. The van der Waals surface area contributed by atoms with Crippen LogP contribution in [-0.2, 0) is 22.6 Å². The summed E-state index contributed by atoms with van der Waals surface area (Å²) in [5, 5.41) is 0. The molecule has 1 atom stereocenters. The number of hydrogen-bond acceptors (Lipinski definition) is 5. The minimum Gasteiger partial charge on any atom is -0.491 e. The average Bonchev–Trinajstić information content (AvgIpc) is 3.19. The van der Waals surface area contributed by atoms with Crippen LogP contribution in [0.15, 0.2) is 42.5 Å². The van der Waals surface area contributed by atoms with Gasteiger partial charge in [-0.2, -0.15) is 0 Å². The summed E-state index contributed by atoms with van der Waals surface area (Å²) in [5.41, 5.74) is 4.92. The maximum Gasteiger partial charge on any atom is 0.230 e. The van der Waals surface area contributed by atoms with E-state index in [4.69, 9.17) is 9.47 Å². The molecule has 36 heavy (non-hydrogen) atoms. The van der Waals surface area contributed by atoms with Crippen molar-refractivity contribution in [1.29, 1.82) is 0 Å². The summed E-state index contributed by atoms with van der Waals surface area (Å²) in [5.74, 6) is 1.53. The van der Waals surface area contributed by atoms with Crippen molar-refractivity contribution in [2.24, 2.45) is 5.92 Å². The van der Waals surface area contributed by atoms with Gasteiger partial charge in [-0.05, 0) is 49.4 Å². The normalized spacial score (nSPS) is 23.4. The average molecular weight is 490 g/mol. The van der Waals surface area contributed by atoms with Crippen LogP contribution >= 0.6 is 0 Å². The topological polar surface area (TPSA) is 45.3 Å². The Balaban J connectivity index is 1.15. The highest BCUT2D eigenvalue weighted by Crippen LogP contribution is 2.36. The Hall–Kier alpha value is -2.57. The number of anilines is 2. The van der Waals surface area contributed by atoms with E-state index in [9.17, 15) is 4.79 Å². The number of para-hydroxylation sites is 1. The summed E-state index contributed by atoms with van der Waals surface area (Å²) < 4.78 is 11.7. The van der Waals surface area contributed by atoms with E-state index in [1.807, 2.05) is 0 Å². The van der Waals surface area contributed by atoms with E-state index in [2.05, 4.69) is 57.2 Å². The summed E-state index contributed by atoms with van der Waals surface area (Å²) in [6, 6.07) is 15.2. The van der Waals surface area contributed by atoms with Crippen LogP contribution in [0.2, 0.25) is 0 Å². The van der Waals surface area contributed by atoms with Crippen molar-refractivity contribution >= 4 is 17.3 Å². The monoisotopic (exact) mass is 489 g/mol. The Kier molecular flexibility index (Phi) is 7.15. The highest BCUT2D eigenvalue weighted by atomic mass is 16.5. The molecular weight excluding hydrogens is 450 g/mol. The van der Waals surface area contributed by atoms with E-state index in [0.717, 1.165) is 69.8 Å². The molecule has 4 aliphatic rings. The molecule has 3 heterocycles. The fourth-order valence-corrected chi connectivity index (χ4v) is 6.61. The van der Waals surface area contributed by atoms with E-state index in [1.165, 1.54) is 36.1 Å². The fourth-order valence-electron chi connectivity index (χ4n) is 6.61. The number of ether oxygens (including phenoxy) is 2. The van der Waals surface area contributed by atoms with Crippen molar-refractivity contribution in [2.75, 3.05) is 55.7 Å². The standard InChI is InChI=1S/C30H39N3O3/c34-30(24-8-2-1-3-9-24)33-25(14-13-23-7-4-5-10-27(23)33)21-31-15-17-32(18-16-31)28-11-6-12-29-26(28)22-35-19-20-36-29/h4-7,10-12,24-25H,1-3,8-9,13-22H2. The van der Waals surface area contributed by atoms with Crippen molar-refractivity contribution in [3.63, 3.8) is 0 Å². The Morgan fingerprint density at radius 2 is 1.67 bits per heavy atom. The fraction of sp³-hybridized carbons (Fsp3) is 0.567. The Labute approximate surface area is 215 Å². The number of aryl methyl sites for hydroxylation is 1. The highest BCUT2D eigenvalue weighted by molar-refractivity contribution is 5.97. The lowest BCUT2D eigenvalue weighted by Gasteiger charge is -2.44. The van der Waals surface area contributed by atoms with E-state index >= 15 is 0 Å². The van der Waals surface area contributed by atoms with Crippen molar-refractivity contribution in [2.45, 2.75) is 57.6 Å². The number of hydrogen-bond donors (Lipinski definition) is 0. The van der Waals surface area contributed by atoms with Crippen molar-refractivity contribution in [3.8, 4) is 5.75 Å². The van der Waals surface area contributed by atoms with Gasteiger partial charge in [-0.1, -0.05) is 43.5 Å². The summed E-state index contributed by atoms with van der Waals surface area (Å²) in [4.78, 5) is 21.1. The van der Waals surface area contributed by atoms with Crippen molar-refractivity contribution in [3.05, 3.63) is 53.6 Å². The first-order chi connectivity index (χ1) is 17.8. The molecule has 6 rings (SSSR count). The molecule has 3 aliphatic heterocycles. The number of carbonyl (C=O) groups excluding carboxylic acids is 1. The number of rotatable bonds is 4. The first-order valence-electron chi connectivity index (χ1n) is 14.0. The van der Waals surface area contributed by atoms with Crippen LogP contribution in [0.25, 0.3) is 0 Å². The van der Waals surface area contributed by atoms with Crippen LogP contribution in [0.4, 0.5) is 11.4 Å². The van der Waals surface area contributed by atoms with E-state index in [0.29, 0.717) is 25.7 Å². The number of nitrogens with zero attached hydrogens (tertiary/aromatic N) is 3. The third-order valence-electron chi connectivity index (χ3n) is 8.58. The maximum atomic E-state index is 13.8. The van der Waals surface area contributed by atoms with Gasteiger partial charge in [0.15, 0.2) is 0 Å². The van der Waals surface area contributed by atoms with Crippen LogP contribution in [-0.4, -0.2) is 62.8 Å². The SMILES string of the molecule is O=C(C1CCCCC1)N1c2ccccc2CCC1CN1CCN(c2cccc3c2COCCO3)CC1. The molecule has 0 radical (unpaired) electrons. The molecule has 1 amide bonds. The highest BCUT2D eigenvalue weighted by Gasteiger charge is 2.36. The number of carbonyl (C=O) groups is 1. The second-order valence-corrected chi connectivity index (χ2v) is 10.8. The van der Waals surface area contributed by atoms with Crippen molar-refractivity contribution < 1.29 is 14.3 Å². The van der Waals surface area contributed by atoms with Crippen molar-refractivity contribution in [1.82, 2.24) is 4.90 Å². The number of amides is 1. The molecule has 1 saturated carbocycles. The third-order valence-corrected chi connectivity index (χ3v) is 8.58. The number of fused-ring (bicyclic) bond motifs is 2. The van der Waals surface area contributed by atoms with Crippen LogP contribution in [0.1, 0.15) is 49.7 Å². The smallest absolute Gasteiger partial charge is 0.230 e. The van der Waals surface area contributed by atoms with Gasteiger partial charge in [-0.25, -0.2) is 0 Å². The summed E-state index contributed by atoms with van der Waals surface area (Å²) >= 11 is 0. The molecule has 0 aromatic heterocycles. The predicted octanol–water partition coefficient (Wildman–Crippen LogP) is 4.65. The van der Waals surface area contributed by atoms with E-state index < -0.39 is 0 Å². The minimum absolute atomic E-state index is 0.196. The van der Waals surface area contributed by atoms with Crippen LogP contribution < -0.4 is 14.5 Å². The molecule has 0 bridgehead atoms. The van der Waals surface area contributed by atoms with Crippen LogP contribution in [0.5, 0.6) is 5.75 Å². The third kappa shape index (κ3) is 4.85. The second kappa shape index (κ2) is 10.8. The lowest BCUT2D eigenvalue weighted by molar-refractivity contribution is -0.124. The second-order valence-electron chi connectivity index (χ2n) is 10.8. The summed E-state index contributed by atoms with van der Waals surface area (Å²) in [7, 11) is 0. The van der Waals surface area contributed by atoms with Gasteiger partial charge in [0.1, 0.15) is 12.4 Å². The first kappa shape index (κ1) is 23.8. The predicted molar refractivity (Wildman–Crippen MR) is 143 cm³/mol. The maximum absolute atomic E-state index is 13.8. The largest absolute Gasteiger partial charge is 0.491 e. The summed E-state index contributed by atoms with van der Waals surface area (Å²) in [6.07, 6.45) is 7.88. The van der Waals surface area contributed by atoms with Gasteiger partial charge in [0, 0.05) is 61.6 Å². The molecule has 1 saturated heterocycles. The van der Waals surface area contributed by atoms with Crippen LogP contribution in [0, 0.1) is 5.92 Å². The lowest BCUT2D eigenvalue weighted by Crippen LogP contribution is -2.55. The Bertz CT molecular complexity index is 1060. The minimum atomic E-state index is 0.196. The molecule has 1 unspecified atom stereocenters. The van der Waals surface area contributed by atoms with Gasteiger partial charge in [0.05, 0.1) is 13.2 Å². The molecule has 6 nitrogen and oxygen atoms in total. The van der Waals surface area contributed by atoms with Gasteiger partial charge in [-0.3, -0.25) is 9.69 Å². The van der Waals surface area contributed by atoms with E-state index in [1.54, 1.807) is 0 Å². The zero-order valence-electron chi connectivity index (χ0n) is 21.4. The lowest BCUT2D eigenvalue weighted by atomic mass is 9.86. The molecule has 0 spiro atoms. The zero-order chi connectivity index (χ0) is 24.3. The molecule has 2 aromatic rings. The molecule has 192 valence electrons. The Morgan fingerprint density at radius 1 is 0.861 bits per heavy atom. The van der Waals surface area contributed by atoms with Crippen LogP contribution in [0.3, 0.4) is 0 Å². The number of piperazine rings is 1. The van der Waals surface area contributed by atoms with Gasteiger partial charge in [-0.15, -0.1) is 0 Å². The first-order valence-corrected chi connectivity index (χ1v) is 14.0. The molecule has 6 heteroatoms. The summed E-state index contributed by atoms with van der Waals surface area (Å²) in [6.45, 7) is 6.81. The van der Waals surface area contributed by atoms with Gasteiger partial charge in [0.2, 0.25) is 5.91 Å². The van der Waals surface area contributed by atoms with Gasteiger partial charge >= 0.3 is 0 Å². The Morgan fingerprint density at radius 3 is 2.53 bits per heavy atom. The molecular formula is C30H39N3O3. The van der Waals surface area contributed by atoms with Gasteiger partial charge in [0.25, 0.3) is 0 Å². The molecule has 2 fully saturated rings. The molecule has 0 N–H and O–H groups in total. The van der Waals surface area contributed by atoms with Gasteiger partial charge < -0.3 is 19.3 Å². The molecule has 2 aromatic carbocycles.